The lowest BCUT2D eigenvalue weighted by Crippen LogP contribution is -2.37. The molecule has 2 rings (SSSR count). The summed E-state index contributed by atoms with van der Waals surface area (Å²) in [5.74, 6) is 0.318. The second-order valence-electron chi connectivity index (χ2n) is 6.09. The van der Waals surface area contributed by atoms with Crippen molar-refractivity contribution in [3.63, 3.8) is 0 Å². The molecule has 0 aliphatic rings. The average Bonchev–Trinajstić information content (AvgIpc) is 2.57. The van der Waals surface area contributed by atoms with E-state index in [2.05, 4.69) is 0 Å². The molecule has 0 aliphatic carbocycles. The Kier molecular flexibility index (Phi) is 6.57. The van der Waals surface area contributed by atoms with Gasteiger partial charge < -0.3 is 14.5 Å². The Bertz CT molecular complexity index is 733. The highest BCUT2D eigenvalue weighted by Crippen LogP contribution is 2.28. The van der Waals surface area contributed by atoms with E-state index in [1.54, 1.807) is 37.1 Å². The molecule has 0 radical (unpaired) electrons. The summed E-state index contributed by atoms with van der Waals surface area (Å²) in [7, 11) is 5.74. The highest BCUT2D eigenvalue weighted by Gasteiger charge is 2.20. The van der Waals surface area contributed by atoms with Crippen molar-refractivity contribution in [2.45, 2.75) is 19.6 Å². The van der Waals surface area contributed by atoms with Gasteiger partial charge in [0.05, 0.1) is 5.02 Å². The van der Waals surface area contributed by atoms with E-state index in [1.165, 1.54) is 0 Å². The second-order valence-corrected chi connectivity index (χ2v) is 6.93. The number of hydrogen-bond donors (Lipinski definition) is 0. The maximum Gasteiger partial charge on any atom is 0.263 e. The molecule has 4 nitrogen and oxygen atoms in total. The molecule has 0 spiro atoms. The van der Waals surface area contributed by atoms with Gasteiger partial charge in [-0.1, -0.05) is 35.3 Å². The molecule has 0 unspecified atom stereocenters. The van der Waals surface area contributed by atoms with Gasteiger partial charge in [-0.25, -0.2) is 0 Å². The highest BCUT2D eigenvalue weighted by molar-refractivity contribution is 6.35. The molecule has 0 heterocycles. The molecule has 25 heavy (non-hydrogen) atoms. The van der Waals surface area contributed by atoms with Gasteiger partial charge in [-0.3, -0.25) is 4.79 Å². The summed E-state index contributed by atoms with van der Waals surface area (Å²) < 4.78 is 5.68. The first-order valence-corrected chi connectivity index (χ1v) is 8.66. The van der Waals surface area contributed by atoms with Crippen molar-refractivity contribution in [2.75, 3.05) is 26.0 Å². The number of ether oxygens (including phenoxy) is 1. The predicted molar refractivity (Wildman–Crippen MR) is 104 cm³/mol. The Morgan fingerprint density at radius 2 is 1.72 bits per heavy atom. The fourth-order valence-corrected chi connectivity index (χ4v) is 2.83. The third-order valence-corrected chi connectivity index (χ3v) is 4.32. The van der Waals surface area contributed by atoms with E-state index in [-0.39, 0.29) is 5.91 Å². The van der Waals surface area contributed by atoms with E-state index in [9.17, 15) is 4.79 Å². The van der Waals surface area contributed by atoms with Crippen LogP contribution in [0.3, 0.4) is 0 Å². The number of likely N-dealkylation sites (N-methyl/N-ethyl adjacent to an activating group) is 1. The predicted octanol–water partition coefficient (Wildman–Crippen LogP) is 4.49. The molecule has 134 valence electrons. The third-order valence-electron chi connectivity index (χ3n) is 3.79. The van der Waals surface area contributed by atoms with Gasteiger partial charge in [0.2, 0.25) is 0 Å². The normalized spacial score (nSPS) is 11.8. The van der Waals surface area contributed by atoms with Gasteiger partial charge in [-0.05, 0) is 42.8 Å². The minimum absolute atomic E-state index is 0.122. The third kappa shape index (κ3) is 5.28. The Balaban J connectivity index is 1.98. The van der Waals surface area contributed by atoms with Crippen LogP contribution in [0.4, 0.5) is 5.69 Å². The lowest BCUT2D eigenvalue weighted by molar-refractivity contribution is -0.137. The lowest BCUT2D eigenvalue weighted by atomic mass is 10.2. The van der Waals surface area contributed by atoms with E-state index < -0.39 is 6.10 Å². The maximum absolute atomic E-state index is 12.5. The van der Waals surface area contributed by atoms with Crippen LogP contribution in [0.1, 0.15) is 12.5 Å². The molecule has 0 aliphatic heterocycles. The summed E-state index contributed by atoms with van der Waals surface area (Å²) in [5, 5.41) is 0.906. The monoisotopic (exact) mass is 380 g/mol. The maximum atomic E-state index is 12.5. The number of carbonyl (C=O) groups excluding carboxylic acids is 1. The molecule has 1 atom stereocenters. The molecule has 2 aromatic carbocycles. The van der Waals surface area contributed by atoms with E-state index in [0.717, 1.165) is 11.3 Å². The summed E-state index contributed by atoms with van der Waals surface area (Å²) in [6, 6.07) is 13.0. The second kappa shape index (κ2) is 8.45. The minimum Gasteiger partial charge on any atom is -0.479 e. The quantitative estimate of drug-likeness (QED) is 0.740. The van der Waals surface area contributed by atoms with E-state index in [0.29, 0.717) is 22.3 Å². The van der Waals surface area contributed by atoms with Crippen LogP contribution in [0.25, 0.3) is 0 Å². The summed E-state index contributed by atoms with van der Waals surface area (Å²) in [5.41, 5.74) is 2.17. The Hall–Kier alpha value is -1.91. The van der Waals surface area contributed by atoms with Crippen molar-refractivity contribution < 1.29 is 9.53 Å². The van der Waals surface area contributed by atoms with Crippen molar-refractivity contribution in [3.8, 4) is 5.75 Å². The van der Waals surface area contributed by atoms with Crippen molar-refractivity contribution in [3.05, 3.63) is 58.1 Å². The van der Waals surface area contributed by atoms with Crippen LogP contribution in [0.2, 0.25) is 10.0 Å². The number of rotatable bonds is 6. The highest BCUT2D eigenvalue weighted by atomic mass is 35.5. The van der Waals surface area contributed by atoms with Gasteiger partial charge in [0.15, 0.2) is 6.10 Å². The molecule has 0 N–H and O–H groups in total. The first-order chi connectivity index (χ1) is 11.8. The van der Waals surface area contributed by atoms with Gasteiger partial charge in [0.25, 0.3) is 5.91 Å². The summed E-state index contributed by atoms with van der Waals surface area (Å²) >= 11 is 12.0. The van der Waals surface area contributed by atoms with Crippen LogP contribution in [-0.4, -0.2) is 38.1 Å². The topological polar surface area (TPSA) is 32.8 Å². The van der Waals surface area contributed by atoms with Crippen LogP contribution in [-0.2, 0) is 11.3 Å². The van der Waals surface area contributed by atoms with Crippen molar-refractivity contribution in [2.24, 2.45) is 0 Å². The van der Waals surface area contributed by atoms with Gasteiger partial charge >= 0.3 is 0 Å². The number of anilines is 1. The van der Waals surface area contributed by atoms with Crippen LogP contribution in [0, 0.1) is 0 Å². The largest absolute Gasteiger partial charge is 0.479 e. The molecule has 0 fully saturated rings. The fraction of sp³-hybridized carbons (Fsp3) is 0.316. The average molecular weight is 381 g/mol. The SMILES string of the molecule is C[C@@H](Oc1ccc(Cl)cc1Cl)C(=O)N(C)Cc1ccc(N(C)C)cc1. The fourth-order valence-electron chi connectivity index (χ4n) is 2.37. The van der Waals surface area contributed by atoms with Gasteiger partial charge in [-0.15, -0.1) is 0 Å². The van der Waals surface area contributed by atoms with Crippen LogP contribution < -0.4 is 9.64 Å². The molecule has 0 saturated carbocycles. The van der Waals surface area contributed by atoms with E-state index in [1.807, 2.05) is 43.3 Å². The Labute approximate surface area is 158 Å². The zero-order valence-corrected chi connectivity index (χ0v) is 16.3. The minimum atomic E-state index is -0.648. The molecule has 0 aromatic heterocycles. The summed E-state index contributed by atoms with van der Waals surface area (Å²) in [4.78, 5) is 16.2. The zero-order chi connectivity index (χ0) is 18.6. The molecular weight excluding hydrogens is 359 g/mol. The smallest absolute Gasteiger partial charge is 0.263 e. The van der Waals surface area contributed by atoms with Crippen LogP contribution in [0.15, 0.2) is 42.5 Å². The first kappa shape index (κ1) is 19.4. The molecule has 6 heteroatoms. The van der Waals surface area contributed by atoms with Gasteiger partial charge in [-0.2, -0.15) is 0 Å². The molecule has 0 saturated heterocycles. The van der Waals surface area contributed by atoms with Crippen LogP contribution in [0.5, 0.6) is 5.75 Å². The van der Waals surface area contributed by atoms with Gasteiger partial charge in [0, 0.05) is 38.4 Å². The summed E-state index contributed by atoms with van der Waals surface area (Å²) in [6.45, 7) is 2.22. The summed E-state index contributed by atoms with van der Waals surface area (Å²) in [6.07, 6.45) is -0.648. The number of carbonyl (C=O) groups is 1. The number of nitrogens with zero attached hydrogens (tertiary/aromatic N) is 2. The first-order valence-electron chi connectivity index (χ1n) is 7.91. The molecular formula is C19H22Cl2N2O2. The number of amides is 1. The van der Waals surface area contributed by atoms with Crippen molar-refractivity contribution >= 4 is 34.8 Å². The van der Waals surface area contributed by atoms with Crippen molar-refractivity contribution in [1.82, 2.24) is 4.90 Å². The van der Waals surface area contributed by atoms with Crippen LogP contribution >= 0.6 is 23.2 Å². The number of hydrogen-bond acceptors (Lipinski definition) is 3. The van der Waals surface area contributed by atoms with E-state index >= 15 is 0 Å². The Morgan fingerprint density at radius 3 is 2.28 bits per heavy atom. The van der Waals surface area contributed by atoms with E-state index in [4.69, 9.17) is 27.9 Å². The molecule has 0 bridgehead atoms. The number of halogens is 2. The molecule has 2 aromatic rings. The van der Waals surface area contributed by atoms with Crippen molar-refractivity contribution in [1.29, 1.82) is 0 Å². The zero-order valence-electron chi connectivity index (χ0n) is 14.8. The molecule has 1 amide bonds. The van der Waals surface area contributed by atoms with Gasteiger partial charge in [0.1, 0.15) is 5.75 Å². The lowest BCUT2D eigenvalue weighted by Gasteiger charge is -2.23. The number of benzene rings is 2. The Morgan fingerprint density at radius 1 is 1.08 bits per heavy atom. The standard InChI is InChI=1S/C19H22Cl2N2O2/c1-13(25-18-10-7-15(20)11-17(18)21)19(24)23(4)12-14-5-8-16(9-6-14)22(2)3/h5-11,13H,12H2,1-4H3/t13-/m1/s1.